The third kappa shape index (κ3) is 2.30. The molecule has 2 rings (SSSR count). The Kier molecular flexibility index (Phi) is 2.55. The first-order valence-corrected chi connectivity index (χ1v) is 4.97. The maximum atomic E-state index is 11.8. The number of alkyl halides is 3. The lowest BCUT2D eigenvalue weighted by Gasteiger charge is -2.06. The fraction of sp³-hybridized carbons (Fsp3) is 0.111. The van der Waals surface area contributed by atoms with Gasteiger partial charge >= 0.3 is 12.3 Å². The van der Waals surface area contributed by atoms with Crippen molar-refractivity contribution in [2.24, 2.45) is 0 Å². The van der Waals surface area contributed by atoms with E-state index in [1.54, 1.807) is 5.51 Å². The lowest BCUT2D eigenvalue weighted by molar-refractivity contribution is -0.291. The highest BCUT2D eigenvalue weighted by Gasteiger charge is 2.34. The Labute approximate surface area is 91.5 Å². The number of hydrogen-bond acceptors (Lipinski definition) is 4. The van der Waals surface area contributed by atoms with Gasteiger partial charge in [-0.25, -0.2) is 9.78 Å². The molecule has 0 bridgehead atoms. The monoisotopic (exact) mass is 247 g/mol. The fourth-order valence-electron chi connectivity index (χ4n) is 1.15. The number of nitrogens with zero attached hydrogens (tertiary/aromatic N) is 1. The van der Waals surface area contributed by atoms with Crippen LogP contribution in [0, 0.1) is 0 Å². The van der Waals surface area contributed by atoms with Crippen molar-refractivity contribution in [2.45, 2.75) is 6.36 Å². The maximum absolute atomic E-state index is 11.8. The van der Waals surface area contributed by atoms with Crippen molar-refractivity contribution in [2.75, 3.05) is 0 Å². The zero-order valence-electron chi connectivity index (χ0n) is 7.62. The largest absolute Gasteiger partial charge is 0.575 e. The number of fused-ring (bicyclic) bond motifs is 1. The molecule has 0 atom stereocenters. The Hall–Kier alpha value is -1.63. The average molecular weight is 247 g/mol. The van der Waals surface area contributed by atoms with Gasteiger partial charge in [-0.2, -0.15) is 0 Å². The molecule has 0 aliphatic carbocycles. The molecule has 2 aromatic rings. The summed E-state index contributed by atoms with van der Waals surface area (Å²) < 4.78 is 39.3. The van der Waals surface area contributed by atoms with Crippen molar-refractivity contribution in [1.29, 1.82) is 0 Å². The highest BCUT2D eigenvalue weighted by atomic mass is 32.1. The van der Waals surface area contributed by atoms with Crippen LogP contribution < -0.4 is 0 Å². The van der Waals surface area contributed by atoms with Gasteiger partial charge in [0.05, 0.1) is 21.3 Å². The molecule has 16 heavy (non-hydrogen) atoms. The predicted octanol–water partition coefficient (Wildman–Crippen LogP) is 2.97. The molecule has 0 aliphatic rings. The van der Waals surface area contributed by atoms with Crippen LogP contribution in [0.5, 0.6) is 0 Å². The van der Waals surface area contributed by atoms with Gasteiger partial charge in [0, 0.05) is 0 Å². The number of aromatic nitrogens is 1. The lowest BCUT2D eigenvalue weighted by Crippen LogP contribution is -2.19. The molecule has 0 unspecified atom stereocenters. The normalized spacial score (nSPS) is 11.7. The number of carbonyl (C=O) groups excluding carboxylic acids is 1. The molecule has 3 nitrogen and oxygen atoms in total. The van der Waals surface area contributed by atoms with E-state index < -0.39 is 12.3 Å². The first kappa shape index (κ1) is 10.9. The third-order valence-corrected chi connectivity index (χ3v) is 2.57. The average Bonchev–Trinajstić information content (AvgIpc) is 2.61. The minimum atomic E-state index is -4.96. The Bertz CT molecular complexity index is 535. The quantitative estimate of drug-likeness (QED) is 0.727. The second-order valence-corrected chi connectivity index (χ2v) is 3.76. The highest BCUT2D eigenvalue weighted by Crippen LogP contribution is 2.22. The van der Waals surface area contributed by atoms with E-state index in [1.165, 1.54) is 29.5 Å². The smallest absolute Gasteiger partial charge is 0.369 e. The minimum Gasteiger partial charge on any atom is -0.369 e. The van der Waals surface area contributed by atoms with Crippen LogP contribution in [0.4, 0.5) is 13.2 Å². The molecule has 0 spiro atoms. The molecule has 1 aromatic carbocycles. The summed E-state index contributed by atoms with van der Waals surface area (Å²) in [4.78, 5) is 15.0. The van der Waals surface area contributed by atoms with Gasteiger partial charge in [0.15, 0.2) is 0 Å². The van der Waals surface area contributed by atoms with Crippen LogP contribution in [0.2, 0.25) is 0 Å². The third-order valence-electron chi connectivity index (χ3n) is 1.78. The van der Waals surface area contributed by atoms with E-state index >= 15 is 0 Å². The molecule has 0 radical (unpaired) electrons. The van der Waals surface area contributed by atoms with Gasteiger partial charge in [-0.1, -0.05) is 0 Å². The molecule has 0 saturated carbocycles. The summed E-state index contributed by atoms with van der Waals surface area (Å²) in [6, 6.07) is 4.04. The van der Waals surface area contributed by atoms with Crippen LogP contribution in [-0.2, 0) is 4.74 Å². The number of halogens is 3. The van der Waals surface area contributed by atoms with Gasteiger partial charge in [0.25, 0.3) is 0 Å². The molecular weight excluding hydrogens is 243 g/mol. The van der Waals surface area contributed by atoms with Crippen molar-refractivity contribution in [3.05, 3.63) is 29.3 Å². The van der Waals surface area contributed by atoms with Crippen molar-refractivity contribution >= 4 is 27.5 Å². The van der Waals surface area contributed by atoms with Gasteiger partial charge in [0.1, 0.15) is 0 Å². The SMILES string of the molecule is O=C(OC(F)(F)F)c1ccc2ncsc2c1. The van der Waals surface area contributed by atoms with Crippen LogP contribution >= 0.6 is 11.3 Å². The number of esters is 1. The van der Waals surface area contributed by atoms with Crippen LogP contribution in [0.1, 0.15) is 10.4 Å². The molecule has 1 heterocycles. The Balaban J connectivity index is 2.29. The summed E-state index contributed by atoms with van der Waals surface area (Å²) in [5, 5.41) is 0. The second kappa shape index (κ2) is 3.75. The molecular formula is C9H4F3NO2S. The van der Waals surface area contributed by atoms with E-state index in [-0.39, 0.29) is 5.56 Å². The summed E-state index contributed by atoms with van der Waals surface area (Å²) in [7, 11) is 0. The van der Waals surface area contributed by atoms with E-state index in [4.69, 9.17) is 0 Å². The Morgan fingerprint density at radius 3 is 2.81 bits per heavy atom. The highest BCUT2D eigenvalue weighted by molar-refractivity contribution is 7.16. The van der Waals surface area contributed by atoms with Gasteiger partial charge in [-0.05, 0) is 18.2 Å². The summed E-state index contributed by atoms with van der Waals surface area (Å²) in [5.74, 6) is -1.41. The van der Waals surface area contributed by atoms with E-state index in [0.29, 0.717) is 10.2 Å². The lowest BCUT2D eigenvalue weighted by atomic mass is 10.2. The number of thiazole rings is 1. The van der Waals surface area contributed by atoms with Crippen LogP contribution in [-0.4, -0.2) is 17.3 Å². The first-order valence-electron chi connectivity index (χ1n) is 4.09. The first-order chi connectivity index (χ1) is 7.46. The van der Waals surface area contributed by atoms with Crippen molar-refractivity contribution in [3.63, 3.8) is 0 Å². The van der Waals surface area contributed by atoms with Crippen molar-refractivity contribution < 1.29 is 22.7 Å². The van der Waals surface area contributed by atoms with Gasteiger partial charge < -0.3 is 4.74 Å². The van der Waals surface area contributed by atoms with E-state index in [2.05, 4.69) is 9.72 Å². The molecule has 0 saturated heterocycles. The number of hydrogen-bond donors (Lipinski definition) is 0. The van der Waals surface area contributed by atoms with Crippen LogP contribution in [0.15, 0.2) is 23.7 Å². The zero-order valence-corrected chi connectivity index (χ0v) is 8.43. The maximum Gasteiger partial charge on any atom is 0.575 e. The van der Waals surface area contributed by atoms with Gasteiger partial charge in [0.2, 0.25) is 0 Å². The number of rotatable bonds is 1. The van der Waals surface area contributed by atoms with Crippen molar-refractivity contribution in [3.8, 4) is 0 Å². The summed E-state index contributed by atoms with van der Waals surface area (Å²) in [6.45, 7) is 0. The standard InChI is InChI=1S/C9H4F3NO2S/c10-9(11,12)15-8(14)5-1-2-6-7(3-5)16-4-13-6/h1-4H. The zero-order chi connectivity index (χ0) is 11.8. The summed E-state index contributed by atoms with van der Waals surface area (Å²) in [6.07, 6.45) is -4.96. The molecule has 84 valence electrons. The number of carbonyl (C=O) groups is 1. The van der Waals surface area contributed by atoms with E-state index in [1.807, 2.05) is 0 Å². The molecule has 0 fully saturated rings. The Morgan fingerprint density at radius 2 is 2.12 bits per heavy atom. The molecule has 1 aromatic heterocycles. The molecule has 7 heteroatoms. The number of ether oxygens (including phenoxy) is 1. The summed E-state index contributed by atoms with van der Waals surface area (Å²) in [5.41, 5.74) is 2.03. The molecule has 0 N–H and O–H groups in total. The fourth-order valence-corrected chi connectivity index (χ4v) is 1.86. The van der Waals surface area contributed by atoms with E-state index in [0.717, 1.165) is 0 Å². The van der Waals surface area contributed by atoms with Gasteiger partial charge in [-0.3, -0.25) is 0 Å². The van der Waals surface area contributed by atoms with Crippen LogP contribution in [0.25, 0.3) is 10.2 Å². The summed E-state index contributed by atoms with van der Waals surface area (Å²) >= 11 is 1.24. The van der Waals surface area contributed by atoms with Crippen molar-refractivity contribution in [1.82, 2.24) is 4.98 Å². The van der Waals surface area contributed by atoms with E-state index in [9.17, 15) is 18.0 Å². The minimum absolute atomic E-state index is 0.144. The second-order valence-electron chi connectivity index (χ2n) is 2.87. The Morgan fingerprint density at radius 1 is 1.38 bits per heavy atom. The van der Waals surface area contributed by atoms with Gasteiger partial charge in [-0.15, -0.1) is 24.5 Å². The molecule has 0 aliphatic heterocycles. The predicted molar refractivity (Wildman–Crippen MR) is 51.1 cm³/mol. The van der Waals surface area contributed by atoms with Crippen LogP contribution in [0.3, 0.4) is 0 Å². The molecule has 0 amide bonds. The number of benzene rings is 1. The topological polar surface area (TPSA) is 39.2 Å².